The van der Waals surface area contributed by atoms with E-state index < -0.39 is 0 Å². The van der Waals surface area contributed by atoms with Crippen LogP contribution >= 0.6 is 49.6 Å². The summed E-state index contributed by atoms with van der Waals surface area (Å²) in [6, 6.07) is 23.7. The molecule has 2 radical (unpaired) electrons. The van der Waals surface area contributed by atoms with Crippen molar-refractivity contribution in [2.45, 2.75) is 40.5 Å². The number of hydrogen-bond donors (Lipinski definition) is 0. The van der Waals surface area contributed by atoms with Crippen LogP contribution in [0, 0.1) is 27.7 Å². The third-order valence-electron chi connectivity index (χ3n) is 7.06. The minimum atomic E-state index is 0. The van der Waals surface area contributed by atoms with Gasteiger partial charge in [-0.15, -0.1) is 49.6 Å². The van der Waals surface area contributed by atoms with Crippen LogP contribution in [0.4, 0.5) is 11.4 Å². The quantitative estimate of drug-likeness (QED) is 0.147. The first-order valence-corrected chi connectivity index (χ1v) is 13.4. The maximum absolute atomic E-state index is 4.88. The van der Waals surface area contributed by atoms with Crippen molar-refractivity contribution < 1.29 is 33.6 Å². The Balaban J connectivity index is 0. The van der Waals surface area contributed by atoms with E-state index in [1.807, 2.05) is 85.2 Å². The van der Waals surface area contributed by atoms with Crippen LogP contribution in [0.3, 0.4) is 0 Å². The molecule has 12 heteroatoms. The summed E-state index contributed by atoms with van der Waals surface area (Å²) in [6.07, 6.45) is 8.74. The van der Waals surface area contributed by atoms with E-state index >= 15 is 0 Å². The molecule has 0 N–H and O–H groups in total. The van der Waals surface area contributed by atoms with Gasteiger partial charge in [-0.3, -0.25) is 29.9 Å². The van der Waals surface area contributed by atoms with E-state index in [2.05, 4.69) is 37.7 Å². The normalized spacial score (nSPS) is 10.0. The molecule has 0 aliphatic rings. The van der Waals surface area contributed by atoms with Crippen molar-refractivity contribution in [3.05, 3.63) is 119 Å². The summed E-state index contributed by atoms with van der Waals surface area (Å²) >= 11 is 0. The van der Waals surface area contributed by atoms with Crippen LogP contribution in [-0.2, 0) is 46.4 Å². The van der Waals surface area contributed by atoms with Crippen LogP contribution in [0.25, 0.3) is 22.8 Å². The standard InChI is InChI=1S/C34H32N6.4ClH.2Co/c1-23-24(2)34(38-22-18-28-12-10-16-32(40-28)30-14-6-8-20-36-30)26(4)25(3)33(23)37-21-17-27-11-9-15-31(39-27)29-13-5-7-19-35-29;;;;;;/h5-16,19-22H,17-18H2,1-4H3;4*1H;;. The molecule has 0 unspecified atom stereocenters. The number of aliphatic imine (C=N–C) groups is 2. The third-order valence-corrected chi connectivity index (χ3v) is 7.06. The first-order chi connectivity index (χ1) is 19.5. The Kier molecular flexibility index (Phi) is 21.7. The van der Waals surface area contributed by atoms with Crippen molar-refractivity contribution in [2.75, 3.05) is 0 Å². The van der Waals surface area contributed by atoms with Crippen molar-refractivity contribution >= 4 is 73.4 Å². The maximum Gasteiger partial charge on any atom is 0.0889 e. The van der Waals surface area contributed by atoms with E-state index in [1.165, 1.54) is 0 Å². The third kappa shape index (κ3) is 11.2. The van der Waals surface area contributed by atoms with Gasteiger partial charge in [-0.25, -0.2) is 0 Å². The molecule has 1 aromatic carbocycles. The average Bonchev–Trinajstić information content (AvgIpc) is 3.01. The number of aromatic nitrogens is 4. The number of hydrogen-bond acceptors (Lipinski definition) is 6. The molecule has 46 heavy (non-hydrogen) atoms. The molecule has 0 aliphatic carbocycles. The van der Waals surface area contributed by atoms with Gasteiger partial charge in [0.2, 0.25) is 0 Å². The molecular weight excluding hydrogens is 752 g/mol. The van der Waals surface area contributed by atoms with Gasteiger partial charge in [0.1, 0.15) is 0 Å². The van der Waals surface area contributed by atoms with Crippen molar-refractivity contribution in [3.8, 4) is 22.8 Å². The monoisotopic (exact) mass is 786 g/mol. The van der Waals surface area contributed by atoms with Crippen LogP contribution in [-0.4, -0.2) is 32.4 Å². The van der Waals surface area contributed by atoms with E-state index in [0.717, 1.165) is 67.8 Å². The molecule has 0 saturated carbocycles. The summed E-state index contributed by atoms with van der Waals surface area (Å²) in [4.78, 5) is 28.1. The van der Waals surface area contributed by atoms with Crippen LogP contribution in [0.5, 0.6) is 0 Å². The second-order valence-electron chi connectivity index (χ2n) is 9.69. The van der Waals surface area contributed by atoms with Gasteiger partial charge in [0, 0.05) is 82.6 Å². The number of halogens is 4. The Bertz CT molecular complexity index is 1550. The van der Waals surface area contributed by atoms with Gasteiger partial charge in [0.15, 0.2) is 0 Å². The molecular formula is C34H36Cl4Co2N6. The number of pyridine rings is 4. The van der Waals surface area contributed by atoms with Crippen LogP contribution < -0.4 is 0 Å². The van der Waals surface area contributed by atoms with Gasteiger partial charge < -0.3 is 0 Å². The van der Waals surface area contributed by atoms with Gasteiger partial charge >= 0.3 is 0 Å². The fraction of sp³-hybridized carbons (Fsp3) is 0.176. The zero-order valence-corrected chi connectivity index (χ0v) is 31.0. The van der Waals surface area contributed by atoms with E-state index in [4.69, 9.17) is 20.0 Å². The predicted molar refractivity (Wildman–Crippen MR) is 193 cm³/mol. The van der Waals surface area contributed by atoms with Crippen LogP contribution in [0.15, 0.2) is 95.2 Å². The summed E-state index contributed by atoms with van der Waals surface area (Å²) in [6.45, 7) is 8.47. The molecule has 5 rings (SSSR count). The molecule has 0 saturated heterocycles. The Morgan fingerprint density at radius 2 is 0.826 bits per heavy atom. The molecule has 0 aliphatic heterocycles. The number of benzene rings is 1. The van der Waals surface area contributed by atoms with Crippen molar-refractivity contribution in [1.82, 2.24) is 19.9 Å². The second-order valence-corrected chi connectivity index (χ2v) is 9.69. The van der Waals surface area contributed by atoms with Crippen LogP contribution in [0.1, 0.15) is 33.6 Å². The molecule has 4 aromatic heterocycles. The molecule has 248 valence electrons. The predicted octanol–water partition coefficient (Wildman–Crippen LogP) is 9.41. The van der Waals surface area contributed by atoms with Gasteiger partial charge in [0.05, 0.1) is 34.2 Å². The number of nitrogens with zero attached hydrogens (tertiary/aromatic N) is 6. The Morgan fingerprint density at radius 3 is 1.15 bits per heavy atom. The smallest absolute Gasteiger partial charge is 0.0889 e. The van der Waals surface area contributed by atoms with E-state index in [0.29, 0.717) is 12.8 Å². The van der Waals surface area contributed by atoms with E-state index in [-0.39, 0.29) is 83.2 Å². The second kappa shape index (κ2) is 22.0. The fourth-order valence-electron chi connectivity index (χ4n) is 4.62. The summed E-state index contributed by atoms with van der Waals surface area (Å²) in [5.74, 6) is 0. The Morgan fingerprint density at radius 1 is 0.478 bits per heavy atom. The topological polar surface area (TPSA) is 76.3 Å². The minimum Gasteiger partial charge on any atom is -0.260 e. The first kappa shape index (κ1) is 45.5. The zero-order chi connectivity index (χ0) is 27.9. The number of rotatable bonds is 8. The van der Waals surface area contributed by atoms with Gasteiger partial charge in [-0.2, -0.15) is 0 Å². The van der Waals surface area contributed by atoms with Gasteiger partial charge in [-0.1, -0.05) is 24.3 Å². The molecule has 0 atom stereocenters. The van der Waals surface area contributed by atoms with Crippen molar-refractivity contribution in [2.24, 2.45) is 9.98 Å². The molecule has 6 nitrogen and oxygen atoms in total. The Hall–Kier alpha value is -2.67. The zero-order valence-electron chi connectivity index (χ0n) is 25.6. The summed E-state index contributed by atoms with van der Waals surface area (Å²) in [5, 5.41) is 0. The largest absolute Gasteiger partial charge is 0.260 e. The molecule has 0 amide bonds. The van der Waals surface area contributed by atoms with Crippen molar-refractivity contribution in [1.29, 1.82) is 0 Å². The average molecular weight is 788 g/mol. The fourth-order valence-corrected chi connectivity index (χ4v) is 4.62. The van der Waals surface area contributed by atoms with Gasteiger partial charge in [0.25, 0.3) is 0 Å². The van der Waals surface area contributed by atoms with Crippen LogP contribution in [0.2, 0.25) is 0 Å². The Labute approximate surface area is 317 Å². The SMILES string of the molecule is Cc1c(C)c(N=CCc2cccc(-c3ccccn3)n2)c(C)c(C)c1N=CCc1cccc(-c2ccccn2)n1.Cl.Cl.Cl.Cl.[Co].[Co]. The molecule has 0 fully saturated rings. The maximum atomic E-state index is 4.88. The molecule has 0 bridgehead atoms. The summed E-state index contributed by atoms with van der Waals surface area (Å²) in [5.41, 5.74) is 11.9. The van der Waals surface area contributed by atoms with Crippen molar-refractivity contribution in [3.63, 3.8) is 0 Å². The molecule has 5 aromatic rings. The first-order valence-electron chi connectivity index (χ1n) is 13.4. The summed E-state index contributed by atoms with van der Waals surface area (Å²) < 4.78 is 0. The van der Waals surface area contributed by atoms with E-state index in [1.54, 1.807) is 12.4 Å². The van der Waals surface area contributed by atoms with Gasteiger partial charge in [-0.05, 0) is 98.5 Å². The molecule has 4 heterocycles. The van der Waals surface area contributed by atoms with E-state index in [9.17, 15) is 0 Å². The minimum absolute atomic E-state index is 0. The summed E-state index contributed by atoms with van der Waals surface area (Å²) in [7, 11) is 0. The molecule has 0 spiro atoms.